The van der Waals surface area contributed by atoms with E-state index in [2.05, 4.69) is 35.7 Å². The molecule has 0 saturated heterocycles. The first-order chi connectivity index (χ1) is 17.6. The van der Waals surface area contributed by atoms with E-state index < -0.39 is 18.1 Å². The van der Waals surface area contributed by atoms with Crippen LogP contribution in [0.4, 0.5) is 19.0 Å². The first-order valence-electron chi connectivity index (χ1n) is 12.4. The fourth-order valence-electron chi connectivity index (χ4n) is 4.33. The molecule has 1 atom stereocenters. The van der Waals surface area contributed by atoms with Gasteiger partial charge in [0.1, 0.15) is 11.7 Å². The van der Waals surface area contributed by atoms with Gasteiger partial charge in [-0.05, 0) is 61.4 Å². The number of fused-ring (bicyclic) bond motifs is 2. The van der Waals surface area contributed by atoms with Crippen LogP contribution in [0.2, 0.25) is 0 Å². The fourth-order valence-corrected chi connectivity index (χ4v) is 4.33. The van der Waals surface area contributed by atoms with Crippen molar-refractivity contribution in [2.75, 3.05) is 13.2 Å². The van der Waals surface area contributed by atoms with E-state index in [0.29, 0.717) is 0 Å². The van der Waals surface area contributed by atoms with Crippen molar-refractivity contribution in [1.29, 1.82) is 0 Å². The van der Waals surface area contributed by atoms with Crippen molar-refractivity contribution in [1.82, 2.24) is 4.98 Å². The molecule has 0 radical (unpaired) electrons. The Kier molecular flexibility index (Phi) is 10.1. The number of alkyl halides is 3. The number of carboxylic acids is 2. The van der Waals surface area contributed by atoms with Crippen LogP contribution in [0, 0.1) is 0 Å². The van der Waals surface area contributed by atoms with Crippen LogP contribution in [0.3, 0.4) is 0 Å². The summed E-state index contributed by atoms with van der Waals surface area (Å²) >= 11 is 0. The highest BCUT2D eigenvalue weighted by molar-refractivity contribution is 5.70. The summed E-state index contributed by atoms with van der Waals surface area (Å²) in [7, 11) is 0. The number of unbranched alkanes of at least 4 members (excludes halogenated alkanes) is 2. The van der Waals surface area contributed by atoms with Crippen LogP contribution in [-0.2, 0) is 28.9 Å². The number of carboxylic acid groups (broad SMARTS) is 2. The van der Waals surface area contributed by atoms with Gasteiger partial charge >= 0.3 is 12.1 Å². The standard InChI is InChI=1S/C25H30N2O3.C2HF3O2/c28-24(29)17-20(21-10-9-18-13-15-30-23(18)16-21)6-3-1-2-4-8-22-12-11-19-7-5-14-26-25(19)27-22;3-2(4,5)1(6)7/h3,6,9-12,16,20H,1-2,4-5,7-8,13-15,17H2,(H,26,27)(H,28,29);(H,6,7)/b6-3+;. The van der Waals surface area contributed by atoms with Gasteiger partial charge in [0.05, 0.1) is 19.6 Å². The Balaban J connectivity index is 0.000000479. The molecule has 1 aromatic heterocycles. The first kappa shape index (κ1) is 28.2. The monoisotopic (exact) mass is 520 g/mol. The molecule has 2 aromatic rings. The van der Waals surface area contributed by atoms with Crippen molar-refractivity contribution in [3.8, 4) is 5.75 Å². The zero-order chi connectivity index (χ0) is 26.8. The number of halogens is 3. The van der Waals surface area contributed by atoms with Crippen molar-refractivity contribution in [3.63, 3.8) is 0 Å². The number of benzene rings is 1. The molecule has 2 aliphatic rings. The third kappa shape index (κ3) is 8.89. The molecule has 7 nitrogen and oxygen atoms in total. The predicted molar refractivity (Wildman–Crippen MR) is 127 cm³/mol. The maximum atomic E-state index is 11.3. The maximum Gasteiger partial charge on any atom is 0.430 e. The van der Waals surface area contributed by atoms with Gasteiger partial charge < -0.3 is 19.7 Å². The summed E-state index contributed by atoms with van der Waals surface area (Å²) in [5.41, 5.74) is 4.79. The predicted octanol–water partition coefficient (Wildman–Crippen LogP) is 2.98. The molecule has 4 rings (SSSR count). The molecule has 1 aromatic carbocycles. The first-order valence-corrected chi connectivity index (χ1v) is 12.4. The quantitative estimate of drug-likeness (QED) is 0.388. The zero-order valence-corrected chi connectivity index (χ0v) is 20.4. The van der Waals surface area contributed by atoms with Gasteiger partial charge in [-0.2, -0.15) is 13.2 Å². The zero-order valence-electron chi connectivity index (χ0n) is 20.4. The second kappa shape index (κ2) is 13.2. The molecule has 3 heterocycles. The maximum absolute atomic E-state index is 11.3. The Bertz CT molecular complexity index is 1120. The highest BCUT2D eigenvalue weighted by Crippen LogP contribution is 2.31. The van der Waals surface area contributed by atoms with E-state index in [1.165, 1.54) is 29.1 Å². The Morgan fingerprint density at radius 3 is 2.65 bits per heavy atom. The van der Waals surface area contributed by atoms with E-state index in [0.717, 1.165) is 63.0 Å². The van der Waals surface area contributed by atoms with Crippen molar-refractivity contribution < 1.29 is 43.0 Å². The van der Waals surface area contributed by atoms with Gasteiger partial charge in [0.25, 0.3) is 0 Å². The number of pyridine rings is 1. The molecule has 0 spiro atoms. The number of aryl methyl sites for hydroxylation is 2. The molecule has 0 bridgehead atoms. The number of rotatable bonds is 9. The number of allylic oxidation sites excluding steroid dienone is 2. The number of quaternary nitrogens is 1. The summed E-state index contributed by atoms with van der Waals surface area (Å²) in [6.45, 7) is 1.86. The summed E-state index contributed by atoms with van der Waals surface area (Å²) in [5.74, 6) is -1.80. The number of aromatic nitrogens is 1. The molecule has 200 valence electrons. The largest absolute Gasteiger partial charge is 0.542 e. The SMILES string of the molecule is O=C(O)CC(/C=C/CCCCc1ccc2c(n1)[NH2+]CCC2)c1ccc2c(c1)OCC2.O=C([O-])C(F)(F)F. The molecule has 0 aliphatic carbocycles. The summed E-state index contributed by atoms with van der Waals surface area (Å²) in [6, 6.07) is 10.5. The van der Waals surface area contributed by atoms with E-state index >= 15 is 0 Å². The number of hydrogen-bond donors (Lipinski definition) is 2. The summed E-state index contributed by atoms with van der Waals surface area (Å²) in [4.78, 5) is 24.9. The van der Waals surface area contributed by atoms with Gasteiger partial charge in [-0.3, -0.25) is 10.1 Å². The Morgan fingerprint density at radius 2 is 1.92 bits per heavy atom. The van der Waals surface area contributed by atoms with Crippen LogP contribution in [0.1, 0.15) is 60.4 Å². The van der Waals surface area contributed by atoms with Gasteiger partial charge in [0.15, 0.2) is 0 Å². The summed E-state index contributed by atoms with van der Waals surface area (Å²) < 4.78 is 37.2. The lowest BCUT2D eigenvalue weighted by Crippen LogP contribution is -2.80. The lowest BCUT2D eigenvalue weighted by molar-refractivity contribution is -0.579. The van der Waals surface area contributed by atoms with Gasteiger partial charge in [-0.25, -0.2) is 4.98 Å². The Hall–Kier alpha value is -3.40. The molecule has 1 unspecified atom stereocenters. The van der Waals surface area contributed by atoms with Crippen LogP contribution < -0.4 is 15.2 Å². The van der Waals surface area contributed by atoms with E-state index in [9.17, 15) is 23.1 Å². The lowest BCUT2D eigenvalue weighted by atomic mass is 9.93. The number of nitrogens with two attached hydrogens (primary N) is 1. The highest BCUT2D eigenvalue weighted by Gasteiger charge is 2.28. The molecule has 0 fully saturated rings. The van der Waals surface area contributed by atoms with Crippen molar-refractivity contribution >= 4 is 17.8 Å². The molecule has 37 heavy (non-hydrogen) atoms. The molecule has 2 aliphatic heterocycles. The number of hydrogen-bond acceptors (Lipinski definition) is 5. The lowest BCUT2D eigenvalue weighted by Gasteiger charge is -2.13. The minimum atomic E-state index is -5.19. The van der Waals surface area contributed by atoms with Crippen LogP contribution in [0.25, 0.3) is 0 Å². The van der Waals surface area contributed by atoms with Crippen LogP contribution >= 0.6 is 0 Å². The molecular weight excluding hydrogens is 489 g/mol. The van der Waals surface area contributed by atoms with E-state index in [-0.39, 0.29) is 12.3 Å². The molecule has 0 amide bonds. The number of nitrogens with zero attached hydrogens (tertiary/aromatic N) is 1. The Labute approximate surface area is 213 Å². The normalized spacial score (nSPS) is 15.2. The topological polar surface area (TPSA) is 116 Å². The van der Waals surface area contributed by atoms with E-state index in [1.54, 1.807) is 0 Å². The number of carbonyl (C=O) groups is 2. The molecule has 10 heteroatoms. The fraction of sp³-hybridized carbons (Fsp3) is 0.444. The minimum absolute atomic E-state index is 0.102. The van der Waals surface area contributed by atoms with Crippen molar-refractivity contribution in [2.45, 2.75) is 63.5 Å². The van der Waals surface area contributed by atoms with Crippen molar-refractivity contribution in [3.05, 3.63) is 64.9 Å². The van der Waals surface area contributed by atoms with E-state index in [4.69, 9.17) is 19.6 Å². The third-order valence-corrected chi connectivity index (χ3v) is 6.25. The Morgan fingerprint density at radius 1 is 1.16 bits per heavy atom. The molecular formula is C27H31F3N2O5. The van der Waals surface area contributed by atoms with E-state index in [1.807, 2.05) is 12.1 Å². The van der Waals surface area contributed by atoms with Gasteiger partial charge in [-0.15, -0.1) is 0 Å². The third-order valence-electron chi connectivity index (χ3n) is 6.25. The second-order valence-corrected chi connectivity index (χ2v) is 9.07. The smallest absolute Gasteiger partial charge is 0.430 e. The molecule has 3 N–H and O–H groups in total. The van der Waals surface area contributed by atoms with Gasteiger partial charge in [0, 0.05) is 30.0 Å². The number of carbonyl (C=O) groups excluding carboxylic acids is 1. The summed E-state index contributed by atoms with van der Waals surface area (Å²) in [6.07, 6.45) is 6.53. The minimum Gasteiger partial charge on any atom is -0.542 e. The summed E-state index contributed by atoms with van der Waals surface area (Å²) in [5, 5.41) is 20.4. The van der Waals surface area contributed by atoms with Crippen molar-refractivity contribution in [2.24, 2.45) is 0 Å². The molecule has 0 saturated carbocycles. The second-order valence-electron chi connectivity index (χ2n) is 9.07. The highest BCUT2D eigenvalue weighted by atomic mass is 19.4. The number of ether oxygens (including phenoxy) is 1. The van der Waals surface area contributed by atoms with Gasteiger partial charge in [0.2, 0.25) is 5.82 Å². The average Bonchev–Trinajstić information content (AvgIpc) is 3.33. The number of aliphatic carboxylic acids is 2. The van der Waals surface area contributed by atoms with Crippen LogP contribution in [-0.4, -0.2) is 41.4 Å². The van der Waals surface area contributed by atoms with Crippen LogP contribution in [0.15, 0.2) is 42.5 Å². The average molecular weight is 521 g/mol. The van der Waals surface area contributed by atoms with Gasteiger partial charge in [-0.1, -0.05) is 24.3 Å². The van der Waals surface area contributed by atoms with Crippen LogP contribution in [0.5, 0.6) is 5.75 Å².